The Morgan fingerprint density at radius 2 is 1.88 bits per heavy atom. The molecule has 3 heteroatoms. The lowest BCUT2D eigenvalue weighted by Gasteiger charge is -2.53. The molecular weight excluding hydrogens is 216 g/mol. The summed E-state index contributed by atoms with van der Waals surface area (Å²) in [6, 6.07) is 0. The van der Waals surface area contributed by atoms with Crippen molar-refractivity contribution in [2.75, 3.05) is 0 Å². The number of aliphatic hydroxyl groups is 1. The first kappa shape index (κ1) is 12.9. The molecule has 0 aromatic rings. The maximum atomic E-state index is 11.5. The summed E-state index contributed by atoms with van der Waals surface area (Å²) in [5, 5.41) is 20.3. The van der Waals surface area contributed by atoms with Crippen LogP contribution in [0.2, 0.25) is 0 Å². The number of aliphatic carboxylic acids is 1. The second-order valence-corrected chi connectivity index (χ2v) is 6.37. The molecule has 2 fully saturated rings. The molecule has 17 heavy (non-hydrogen) atoms. The number of hydrogen-bond donors (Lipinski definition) is 2. The summed E-state index contributed by atoms with van der Waals surface area (Å²) in [5.74, 6) is 0.231. The smallest absolute Gasteiger partial charge is 0.312 e. The molecule has 0 spiro atoms. The van der Waals surface area contributed by atoms with Gasteiger partial charge in [-0.05, 0) is 43.9 Å². The van der Waals surface area contributed by atoms with Crippen molar-refractivity contribution >= 4 is 5.97 Å². The van der Waals surface area contributed by atoms with Gasteiger partial charge in [0.2, 0.25) is 0 Å². The first-order valence-electron chi connectivity index (χ1n) is 6.87. The fraction of sp³-hybridized carbons (Fsp3) is 0.929. The van der Waals surface area contributed by atoms with Crippen LogP contribution in [0.25, 0.3) is 0 Å². The van der Waals surface area contributed by atoms with Gasteiger partial charge in [0.1, 0.15) is 0 Å². The van der Waals surface area contributed by atoms with E-state index in [4.69, 9.17) is 0 Å². The van der Waals surface area contributed by atoms with Gasteiger partial charge in [0.25, 0.3) is 0 Å². The van der Waals surface area contributed by atoms with Crippen LogP contribution in [0.4, 0.5) is 0 Å². The Labute approximate surface area is 103 Å². The molecule has 2 atom stereocenters. The zero-order valence-corrected chi connectivity index (χ0v) is 10.9. The van der Waals surface area contributed by atoms with E-state index in [-0.39, 0.29) is 0 Å². The second-order valence-electron chi connectivity index (χ2n) is 6.37. The number of carboxylic acid groups (broad SMARTS) is 1. The maximum Gasteiger partial charge on any atom is 0.312 e. The van der Waals surface area contributed by atoms with E-state index in [9.17, 15) is 15.0 Å². The van der Waals surface area contributed by atoms with Gasteiger partial charge >= 0.3 is 5.97 Å². The molecule has 0 radical (unpaired) electrons. The van der Waals surface area contributed by atoms with Gasteiger partial charge in [-0.2, -0.15) is 0 Å². The van der Waals surface area contributed by atoms with E-state index in [2.05, 4.69) is 13.8 Å². The lowest BCUT2D eigenvalue weighted by Crippen LogP contribution is -2.59. The lowest BCUT2D eigenvalue weighted by atomic mass is 9.53. The van der Waals surface area contributed by atoms with Gasteiger partial charge in [-0.15, -0.1) is 0 Å². The van der Waals surface area contributed by atoms with E-state index in [1.54, 1.807) is 0 Å². The zero-order valence-electron chi connectivity index (χ0n) is 10.9. The van der Waals surface area contributed by atoms with E-state index >= 15 is 0 Å². The van der Waals surface area contributed by atoms with Gasteiger partial charge in [0, 0.05) is 0 Å². The van der Waals surface area contributed by atoms with E-state index in [1.807, 2.05) is 0 Å². The van der Waals surface area contributed by atoms with Crippen LogP contribution < -0.4 is 0 Å². The largest absolute Gasteiger partial charge is 0.481 e. The van der Waals surface area contributed by atoms with Gasteiger partial charge in [0.15, 0.2) is 0 Å². The normalized spacial score (nSPS) is 36.6. The minimum atomic E-state index is -0.954. The maximum absolute atomic E-state index is 11.5. The Hall–Kier alpha value is -0.570. The van der Waals surface area contributed by atoms with Crippen LogP contribution in [0, 0.1) is 17.3 Å². The van der Waals surface area contributed by atoms with Crippen LogP contribution in [0.15, 0.2) is 0 Å². The summed E-state index contributed by atoms with van der Waals surface area (Å²) in [7, 11) is 0. The highest BCUT2D eigenvalue weighted by Crippen LogP contribution is 2.56. The van der Waals surface area contributed by atoms with Crippen molar-refractivity contribution in [3.05, 3.63) is 0 Å². The third kappa shape index (κ3) is 1.88. The minimum Gasteiger partial charge on any atom is -0.481 e. The summed E-state index contributed by atoms with van der Waals surface area (Å²) < 4.78 is 0. The topological polar surface area (TPSA) is 57.5 Å². The van der Waals surface area contributed by atoms with Crippen molar-refractivity contribution in [3.8, 4) is 0 Å². The van der Waals surface area contributed by atoms with Crippen LogP contribution in [-0.2, 0) is 4.79 Å². The van der Waals surface area contributed by atoms with Gasteiger partial charge in [-0.3, -0.25) is 4.79 Å². The number of rotatable bonds is 3. The molecule has 2 rings (SSSR count). The van der Waals surface area contributed by atoms with Crippen molar-refractivity contribution < 1.29 is 15.0 Å². The zero-order chi connectivity index (χ0) is 12.7. The molecule has 2 N–H and O–H groups in total. The monoisotopic (exact) mass is 240 g/mol. The predicted octanol–water partition coefficient (Wildman–Crippen LogP) is 2.82. The highest BCUT2D eigenvalue weighted by Gasteiger charge is 2.60. The molecule has 0 amide bonds. The van der Waals surface area contributed by atoms with Crippen LogP contribution >= 0.6 is 0 Å². The number of carbonyl (C=O) groups is 1. The molecule has 0 bridgehead atoms. The Kier molecular flexibility index (Phi) is 3.23. The lowest BCUT2D eigenvalue weighted by molar-refractivity contribution is -0.195. The number of carboxylic acids is 1. The van der Waals surface area contributed by atoms with E-state index in [1.165, 1.54) is 0 Å². The molecular formula is C14H24O3. The van der Waals surface area contributed by atoms with Crippen molar-refractivity contribution in [2.24, 2.45) is 17.3 Å². The summed E-state index contributed by atoms with van der Waals surface area (Å²) in [6.45, 7) is 4.34. The molecule has 0 aliphatic heterocycles. The van der Waals surface area contributed by atoms with Crippen molar-refractivity contribution in [1.82, 2.24) is 0 Å². The van der Waals surface area contributed by atoms with Gasteiger partial charge < -0.3 is 10.2 Å². The highest BCUT2D eigenvalue weighted by molar-refractivity contribution is 5.77. The quantitative estimate of drug-likeness (QED) is 0.797. The molecule has 2 saturated carbocycles. The Bertz CT molecular complexity index is 307. The van der Waals surface area contributed by atoms with Crippen LogP contribution in [-0.4, -0.2) is 21.8 Å². The molecule has 2 unspecified atom stereocenters. The van der Waals surface area contributed by atoms with Gasteiger partial charge in [-0.1, -0.05) is 26.7 Å². The van der Waals surface area contributed by atoms with Crippen LogP contribution in [0.1, 0.15) is 58.8 Å². The molecule has 0 saturated heterocycles. The minimum absolute atomic E-state index is 0.477. The fourth-order valence-electron chi connectivity index (χ4n) is 3.71. The van der Waals surface area contributed by atoms with Gasteiger partial charge in [-0.25, -0.2) is 0 Å². The third-order valence-corrected chi connectivity index (χ3v) is 5.22. The standard InChI is InChI=1S/C14H24O3/c1-10(2)11-5-3-8-14(17,9-11)13(12(15)16)6-4-7-13/h10-11,17H,3-9H2,1-2H3,(H,15,16). The van der Waals surface area contributed by atoms with Crippen molar-refractivity contribution in [2.45, 2.75) is 64.4 Å². The molecule has 3 nitrogen and oxygen atoms in total. The third-order valence-electron chi connectivity index (χ3n) is 5.22. The van der Waals surface area contributed by atoms with Crippen molar-refractivity contribution in [3.63, 3.8) is 0 Å². The fourth-order valence-corrected chi connectivity index (χ4v) is 3.71. The van der Waals surface area contributed by atoms with Crippen LogP contribution in [0.5, 0.6) is 0 Å². The molecule has 2 aliphatic carbocycles. The Balaban J connectivity index is 2.20. The second kappa shape index (κ2) is 4.27. The summed E-state index contributed by atoms with van der Waals surface area (Å²) in [5.41, 5.74) is -1.79. The van der Waals surface area contributed by atoms with Crippen molar-refractivity contribution in [1.29, 1.82) is 0 Å². The van der Waals surface area contributed by atoms with E-state index < -0.39 is 17.0 Å². The SMILES string of the molecule is CC(C)C1CCCC(O)(C2(C(=O)O)CCC2)C1. The van der Waals surface area contributed by atoms with E-state index in [0.29, 0.717) is 37.5 Å². The molecule has 0 aromatic heterocycles. The predicted molar refractivity (Wildman–Crippen MR) is 65.7 cm³/mol. The van der Waals surface area contributed by atoms with Crippen LogP contribution in [0.3, 0.4) is 0 Å². The molecule has 98 valence electrons. The first-order valence-corrected chi connectivity index (χ1v) is 6.87. The summed E-state index contributed by atoms with van der Waals surface area (Å²) >= 11 is 0. The molecule has 0 heterocycles. The highest BCUT2D eigenvalue weighted by atomic mass is 16.4. The Morgan fingerprint density at radius 1 is 1.24 bits per heavy atom. The molecule has 2 aliphatic rings. The number of hydrogen-bond acceptors (Lipinski definition) is 2. The average molecular weight is 240 g/mol. The summed E-state index contributed by atoms with van der Waals surface area (Å²) in [4.78, 5) is 11.5. The van der Waals surface area contributed by atoms with E-state index in [0.717, 1.165) is 19.3 Å². The molecule has 0 aromatic carbocycles. The Morgan fingerprint density at radius 3 is 2.29 bits per heavy atom. The first-order chi connectivity index (χ1) is 7.91. The summed E-state index contributed by atoms with van der Waals surface area (Å²) in [6.07, 6.45) is 5.71. The van der Waals surface area contributed by atoms with Gasteiger partial charge in [0.05, 0.1) is 11.0 Å². The average Bonchev–Trinajstić information content (AvgIpc) is 2.14.